The number of benzene rings is 1. The van der Waals surface area contributed by atoms with Gasteiger partial charge in [0, 0.05) is 0 Å². The zero-order chi connectivity index (χ0) is 20.6. The average Bonchev–Trinajstić information content (AvgIpc) is 2.59. The molecule has 0 aliphatic carbocycles. The zero-order valence-corrected chi connectivity index (χ0v) is 22.1. The van der Waals surface area contributed by atoms with Gasteiger partial charge in [-0.2, -0.15) is 8.42 Å². The van der Waals surface area contributed by atoms with Gasteiger partial charge >= 0.3 is 51.3 Å². The topological polar surface area (TPSA) is 43.4 Å². The van der Waals surface area contributed by atoms with Crippen LogP contribution >= 0.6 is 0 Å². The molecule has 152 valence electrons. The minimum absolute atomic E-state index is 0.238. The molecule has 6 heteroatoms. The molecule has 0 bridgehead atoms. The summed E-state index contributed by atoms with van der Waals surface area (Å²) in [7, 11) is -3.57. The van der Waals surface area contributed by atoms with Gasteiger partial charge in [-0.1, -0.05) is 82.9 Å². The number of hydrogen-bond donors (Lipinski definition) is 0. The third-order valence-corrected chi connectivity index (χ3v) is 5.09. The van der Waals surface area contributed by atoms with Crippen LogP contribution in [0.4, 0.5) is 0 Å². The molecule has 0 radical (unpaired) electrons. The number of rotatable bonds is 13. The molecule has 0 aliphatic rings. The van der Waals surface area contributed by atoms with Gasteiger partial charge in [-0.3, -0.25) is 4.18 Å². The SMILES string of the molecule is CCCCCCCCCCCCOS(=O)(=O)c1ccccc1.C[Si](C)(C)[Na]. The van der Waals surface area contributed by atoms with E-state index in [4.69, 9.17) is 4.18 Å². The van der Waals surface area contributed by atoms with Gasteiger partial charge < -0.3 is 0 Å². The van der Waals surface area contributed by atoms with Crippen LogP contribution in [0.2, 0.25) is 19.6 Å². The van der Waals surface area contributed by atoms with Crippen LogP contribution in [-0.2, 0) is 14.3 Å². The average molecular weight is 423 g/mol. The number of hydrogen-bond acceptors (Lipinski definition) is 3. The second-order valence-corrected chi connectivity index (χ2v) is 25.4. The van der Waals surface area contributed by atoms with E-state index in [-0.39, 0.29) is 11.5 Å². The van der Waals surface area contributed by atoms with Crippen LogP contribution in [0.25, 0.3) is 0 Å². The normalized spacial score (nSPS) is 11.8. The van der Waals surface area contributed by atoms with Crippen LogP contribution in [-0.4, -0.2) is 46.7 Å². The van der Waals surface area contributed by atoms with Crippen LogP contribution in [0.15, 0.2) is 35.2 Å². The van der Waals surface area contributed by atoms with E-state index in [2.05, 4.69) is 26.6 Å². The Hall–Kier alpha value is 0.347. The molecular weight excluding hydrogens is 383 g/mol. The first kappa shape index (κ1) is 27.3. The van der Waals surface area contributed by atoms with Crippen LogP contribution in [0.1, 0.15) is 71.1 Å². The van der Waals surface area contributed by atoms with Crippen molar-refractivity contribution in [1.82, 2.24) is 0 Å². The van der Waals surface area contributed by atoms with Crippen molar-refractivity contribution in [3.8, 4) is 0 Å². The molecule has 0 saturated carbocycles. The van der Waals surface area contributed by atoms with E-state index in [0.717, 1.165) is 12.8 Å². The van der Waals surface area contributed by atoms with Crippen molar-refractivity contribution in [3.05, 3.63) is 30.3 Å². The molecular formula is C21H39NaO3SSi. The van der Waals surface area contributed by atoms with E-state index in [1.54, 1.807) is 30.3 Å². The van der Waals surface area contributed by atoms with Gasteiger partial charge in [0.1, 0.15) is 0 Å². The van der Waals surface area contributed by atoms with Crippen molar-refractivity contribution in [2.24, 2.45) is 0 Å². The molecule has 27 heavy (non-hydrogen) atoms. The van der Waals surface area contributed by atoms with Gasteiger partial charge in [-0.05, 0) is 18.6 Å². The second-order valence-electron chi connectivity index (χ2n) is 8.77. The molecule has 0 aromatic heterocycles. The molecule has 0 spiro atoms. The summed E-state index contributed by atoms with van der Waals surface area (Å²) in [5, 5.41) is 0. The summed E-state index contributed by atoms with van der Waals surface area (Å²) in [5.41, 5.74) is 0. The van der Waals surface area contributed by atoms with E-state index >= 15 is 0 Å². The fraction of sp³-hybridized carbons (Fsp3) is 0.714. The van der Waals surface area contributed by atoms with Crippen molar-refractivity contribution in [2.75, 3.05) is 6.61 Å². The molecule has 1 aromatic carbocycles. The standard InChI is InChI=1S/C18H30O3S.C3H9Si.Na/c1-2-3-4-5-6-7-8-9-10-14-17-21-22(19,20)18-15-12-11-13-16-18;1-4(2)3;/h11-13,15-16H,2-10,14,17H2,1H3;1-3H3;. The maximum absolute atomic E-state index is 11.9. The van der Waals surface area contributed by atoms with Crippen molar-refractivity contribution in [1.29, 1.82) is 0 Å². The Morgan fingerprint density at radius 1 is 0.815 bits per heavy atom. The summed E-state index contributed by atoms with van der Waals surface area (Å²) in [5.74, 6) is 0. The van der Waals surface area contributed by atoms with Gasteiger partial charge in [0.25, 0.3) is 10.1 Å². The third kappa shape index (κ3) is 19.4. The summed E-state index contributed by atoms with van der Waals surface area (Å²) >= 11 is 1.45. The Morgan fingerprint density at radius 3 is 1.67 bits per heavy atom. The van der Waals surface area contributed by atoms with Gasteiger partial charge in [0.2, 0.25) is 0 Å². The van der Waals surface area contributed by atoms with E-state index in [1.165, 1.54) is 78.4 Å². The second kappa shape index (κ2) is 16.2. The zero-order valence-electron chi connectivity index (χ0n) is 18.3. The Kier molecular flexibility index (Phi) is 16.4. The third-order valence-electron chi connectivity index (χ3n) is 3.77. The first-order valence-electron chi connectivity index (χ1n) is 10.6. The van der Waals surface area contributed by atoms with E-state index in [0.29, 0.717) is 0 Å². The van der Waals surface area contributed by atoms with Crippen molar-refractivity contribution in [2.45, 2.75) is 95.7 Å². The Labute approximate surface area is 186 Å². The van der Waals surface area contributed by atoms with E-state index in [1.807, 2.05) is 0 Å². The monoisotopic (exact) mass is 422 g/mol. The van der Waals surface area contributed by atoms with E-state index in [9.17, 15) is 8.42 Å². The molecule has 3 nitrogen and oxygen atoms in total. The predicted molar refractivity (Wildman–Crippen MR) is 121 cm³/mol. The summed E-state index contributed by atoms with van der Waals surface area (Å²) in [6, 6.07) is 8.33. The molecule has 1 aromatic rings. The Morgan fingerprint density at radius 2 is 1.22 bits per heavy atom. The van der Waals surface area contributed by atoms with Crippen LogP contribution in [0.3, 0.4) is 0 Å². The minimum atomic E-state index is -3.57. The fourth-order valence-electron chi connectivity index (χ4n) is 2.41. The van der Waals surface area contributed by atoms with Crippen molar-refractivity contribution >= 4 is 41.8 Å². The summed E-state index contributed by atoms with van der Waals surface area (Å²) in [4.78, 5) is 0.238. The van der Waals surface area contributed by atoms with Gasteiger partial charge in [0.15, 0.2) is 0 Å². The van der Waals surface area contributed by atoms with Gasteiger partial charge in [-0.25, -0.2) is 0 Å². The summed E-state index contributed by atoms with van der Waals surface area (Å²) in [6.45, 7) is 9.69. The molecule has 0 fully saturated rings. The molecule has 0 atom stereocenters. The fourth-order valence-corrected chi connectivity index (χ4v) is 3.38. The Balaban J connectivity index is 0.00000119. The first-order valence-corrected chi connectivity index (χ1v) is 19.0. The summed E-state index contributed by atoms with van der Waals surface area (Å²) in [6.07, 6.45) is 12.3. The van der Waals surface area contributed by atoms with Crippen molar-refractivity contribution < 1.29 is 12.6 Å². The molecule has 0 N–H and O–H groups in total. The molecule has 0 heterocycles. The Bertz CT molecular complexity index is 551. The van der Waals surface area contributed by atoms with Crippen LogP contribution < -0.4 is 0 Å². The molecule has 1 rings (SSSR count). The molecule has 0 amide bonds. The van der Waals surface area contributed by atoms with Gasteiger partial charge in [0.05, 0.1) is 11.5 Å². The van der Waals surface area contributed by atoms with Crippen LogP contribution in [0, 0.1) is 0 Å². The first-order chi connectivity index (χ1) is 12.7. The predicted octanol–water partition coefficient (Wildman–Crippen LogP) is 6.30. The number of unbranched alkanes of at least 4 members (excludes halogenated alkanes) is 9. The molecule has 0 unspecified atom stereocenters. The van der Waals surface area contributed by atoms with Crippen molar-refractivity contribution in [3.63, 3.8) is 0 Å². The summed E-state index contributed by atoms with van der Waals surface area (Å²) < 4.78 is 28.3. The quantitative estimate of drug-likeness (QED) is 0.213. The van der Waals surface area contributed by atoms with E-state index < -0.39 is 14.8 Å². The molecule has 0 saturated heterocycles. The maximum atomic E-state index is 11.9. The van der Waals surface area contributed by atoms with Gasteiger partial charge in [-0.15, -0.1) is 0 Å². The van der Waals surface area contributed by atoms with Crippen LogP contribution in [0.5, 0.6) is 0 Å². The molecule has 0 aliphatic heterocycles.